The highest BCUT2D eigenvalue weighted by Crippen LogP contribution is 2.15. The van der Waals surface area contributed by atoms with Crippen LogP contribution in [0.5, 0.6) is 0 Å². The molecule has 1 aromatic carbocycles. The number of aromatic nitrogens is 3. The molecule has 0 bridgehead atoms. The topological polar surface area (TPSA) is 67.1 Å². The van der Waals surface area contributed by atoms with E-state index in [1.54, 1.807) is 7.05 Å². The van der Waals surface area contributed by atoms with E-state index in [1.165, 1.54) is 0 Å². The predicted octanol–water partition coefficient (Wildman–Crippen LogP) is 2.20. The van der Waals surface area contributed by atoms with Gasteiger partial charge < -0.3 is 15.2 Å². The molecule has 0 fully saturated rings. The smallest absolute Gasteiger partial charge is 0.191 e. The lowest BCUT2D eigenvalue weighted by molar-refractivity contribution is 0.667. The molecule has 0 spiro atoms. The fourth-order valence-electron chi connectivity index (χ4n) is 2.00. The Morgan fingerprint density at radius 1 is 1.32 bits per heavy atom. The minimum atomic E-state index is 0.115. The van der Waals surface area contributed by atoms with E-state index in [-0.39, 0.29) is 6.04 Å². The van der Waals surface area contributed by atoms with Gasteiger partial charge in [-0.1, -0.05) is 23.7 Å². The first kappa shape index (κ1) is 16.3. The zero-order valence-corrected chi connectivity index (χ0v) is 14.0. The van der Waals surface area contributed by atoms with Gasteiger partial charge in [-0.15, -0.1) is 10.2 Å². The normalized spacial score (nSPS) is 13.0. The molecule has 2 rings (SSSR count). The number of rotatable bonds is 4. The van der Waals surface area contributed by atoms with Crippen LogP contribution in [-0.4, -0.2) is 27.8 Å². The first-order valence-electron chi connectivity index (χ1n) is 7.08. The fourth-order valence-corrected chi connectivity index (χ4v) is 2.13. The van der Waals surface area contributed by atoms with Crippen molar-refractivity contribution in [1.82, 2.24) is 25.4 Å². The molecule has 0 saturated carbocycles. The van der Waals surface area contributed by atoms with Crippen molar-refractivity contribution in [2.24, 2.45) is 12.0 Å². The first-order valence-corrected chi connectivity index (χ1v) is 7.46. The molecular weight excluding hydrogens is 300 g/mol. The van der Waals surface area contributed by atoms with Crippen LogP contribution in [0, 0.1) is 6.92 Å². The van der Waals surface area contributed by atoms with Crippen molar-refractivity contribution in [2.45, 2.75) is 26.4 Å². The van der Waals surface area contributed by atoms with E-state index in [2.05, 4.69) is 32.7 Å². The lowest BCUT2D eigenvalue weighted by Gasteiger charge is -2.18. The molecule has 0 radical (unpaired) electrons. The summed E-state index contributed by atoms with van der Waals surface area (Å²) in [7, 11) is 3.69. The van der Waals surface area contributed by atoms with Crippen molar-refractivity contribution in [1.29, 1.82) is 0 Å². The van der Waals surface area contributed by atoms with Crippen molar-refractivity contribution >= 4 is 17.6 Å². The first-order chi connectivity index (χ1) is 10.5. The largest absolute Gasteiger partial charge is 0.350 e. The van der Waals surface area contributed by atoms with Crippen molar-refractivity contribution in [3.63, 3.8) is 0 Å². The standard InChI is InChI=1S/C15H21ClN6/c1-10(12-5-7-13(16)8-6-12)19-15(17-3)18-9-14-21-20-11(2)22(14)4/h5-8,10H,9H2,1-4H3,(H2,17,18,19). The fraction of sp³-hybridized carbons (Fsp3) is 0.400. The summed E-state index contributed by atoms with van der Waals surface area (Å²) in [6.07, 6.45) is 0. The number of hydrogen-bond donors (Lipinski definition) is 2. The summed E-state index contributed by atoms with van der Waals surface area (Å²) in [5.74, 6) is 2.46. The van der Waals surface area contributed by atoms with Gasteiger partial charge in [0.25, 0.3) is 0 Å². The highest BCUT2D eigenvalue weighted by molar-refractivity contribution is 6.30. The van der Waals surface area contributed by atoms with E-state index >= 15 is 0 Å². The second-order valence-electron chi connectivity index (χ2n) is 5.07. The number of guanidine groups is 1. The maximum Gasteiger partial charge on any atom is 0.191 e. The number of benzene rings is 1. The summed E-state index contributed by atoms with van der Waals surface area (Å²) in [4.78, 5) is 4.23. The molecule has 1 heterocycles. The third-order valence-corrected chi connectivity index (χ3v) is 3.80. The average molecular weight is 321 g/mol. The van der Waals surface area contributed by atoms with E-state index in [0.29, 0.717) is 12.5 Å². The van der Waals surface area contributed by atoms with Crippen LogP contribution in [0.25, 0.3) is 0 Å². The zero-order chi connectivity index (χ0) is 16.1. The molecule has 2 aromatic rings. The Kier molecular flexibility index (Phi) is 5.38. The summed E-state index contributed by atoms with van der Waals surface area (Å²) in [6, 6.07) is 7.88. The number of aliphatic imine (C=N–C) groups is 1. The summed E-state index contributed by atoms with van der Waals surface area (Å²) in [5, 5.41) is 15.5. The number of nitrogens with zero attached hydrogens (tertiary/aromatic N) is 4. The van der Waals surface area contributed by atoms with Crippen LogP contribution in [0.4, 0.5) is 0 Å². The predicted molar refractivity (Wildman–Crippen MR) is 88.9 cm³/mol. The lowest BCUT2D eigenvalue weighted by Crippen LogP contribution is -2.38. The van der Waals surface area contributed by atoms with E-state index in [1.807, 2.05) is 42.8 Å². The van der Waals surface area contributed by atoms with Crippen LogP contribution in [0.15, 0.2) is 29.3 Å². The van der Waals surface area contributed by atoms with Crippen LogP contribution in [0.1, 0.15) is 30.2 Å². The second kappa shape index (κ2) is 7.26. The van der Waals surface area contributed by atoms with Gasteiger partial charge in [-0.3, -0.25) is 4.99 Å². The summed E-state index contributed by atoms with van der Waals surface area (Å²) < 4.78 is 1.95. The highest BCUT2D eigenvalue weighted by atomic mass is 35.5. The third kappa shape index (κ3) is 3.98. The molecule has 118 valence electrons. The zero-order valence-electron chi connectivity index (χ0n) is 13.3. The Morgan fingerprint density at radius 2 is 2.00 bits per heavy atom. The maximum atomic E-state index is 5.91. The van der Waals surface area contributed by atoms with Gasteiger partial charge in [0.1, 0.15) is 5.82 Å². The van der Waals surface area contributed by atoms with E-state index < -0.39 is 0 Å². The van der Waals surface area contributed by atoms with E-state index in [4.69, 9.17) is 11.6 Å². The van der Waals surface area contributed by atoms with Gasteiger partial charge in [0, 0.05) is 19.1 Å². The van der Waals surface area contributed by atoms with Crippen LogP contribution in [0.3, 0.4) is 0 Å². The molecule has 0 amide bonds. The van der Waals surface area contributed by atoms with Crippen LogP contribution >= 0.6 is 11.6 Å². The van der Waals surface area contributed by atoms with Crippen LogP contribution in [-0.2, 0) is 13.6 Å². The second-order valence-corrected chi connectivity index (χ2v) is 5.50. The molecule has 1 atom stereocenters. The minimum Gasteiger partial charge on any atom is -0.350 e. The van der Waals surface area contributed by atoms with Gasteiger partial charge in [-0.25, -0.2) is 0 Å². The van der Waals surface area contributed by atoms with Gasteiger partial charge in [0.15, 0.2) is 11.8 Å². The third-order valence-electron chi connectivity index (χ3n) is 3.54. The molecule has 2 N–H and O–H groups in total. The Labute approximate surface area is 135 Å². The van der Waals surface area contributed by atoms with E-state index in [9.17, 15) is 0 Å². The molecule has 6 nitrogen and oxygen atoms in total. The average Bonchev–Trinajstić information content (AvgIpc) is 2.83. The Hall–Kier alpha value is -2.08. The molecule has 0 saturated heterocycles. The monoisotopic (exact) mass is 320 g/mol. The van der Waals surface area contributed by atoms with Crippen molar-refractivity contribution in [3.8, 4) is 0 Å². The van der Waals surface area contributed by atoms with Crippen molar-refractivity contribution < 1.29 is 0 Å². The molecule has 7 heteroatoms. The number of halogens is 1. The van der Waals surface area contributed by atoms with Gasteiger partial charge >= 0.3 is 0 Å². The minimum absolute atomic E-state index is 0.115. The Balaban J connectivity index is 1.95. The molecular formula is C15H21ClN6. The molecule has 0 aliphatic carbocycles. The Morgan fingerprint density at radius 3 is 2.55 bits per heavy atom. The van der Waals surface area contributed by atoms with Gasteiger partial charge in [0.05, 0.1) is 12.6 Å². The quantitative estimate of drug-likeness (QED) is 0.669. The summed E-state index contributed by atoms with van der Waals surface area (Å²) >= 11 is 5.91. The molecule has 0 aliphatic rings. The van der Waals surface area contributed by atoms with Gasteiger partial charge in [-0.05, 0) is 31.5 Å². The number of hydrogen-bond acceptors (Lipinski definition) is 3. The van der Waals surface area contributed by atoms with Crippen molar-refractivity contribution in [3.05, 3.63) is 46.5 Å². The van der Waals surface area contributed by atoms with Gasteiger partial charge in [-0.2, -0.15) is 0 Å². The van der Waals surface area contributed by atoms with Crippen LogP contribution in [0.2, 0.25) is 5.02 Å². The highest BCUT2D eigenvalue weighted by Gasteiger charge is 2.09. The molecule has 1 unspecified atom stereocenters. The van der Waals surface area contributed by atoms with Crippen molar-refractivity contribution in [2.75, 3.05) is 7.05 Å². The molecule has 0 aliphatic heterocycles. The van der Waals surface area contributed by atoms with Gasteiger partial charge in [0.2, 0.25) is 0 Å². The van der Waals surface area contributed by atoms with E-state index in [0.717, 1.165) is 22.2 Å². The SMILES string of the molecule is CN=C(NCc1nnc(C)n1C)NC(C)c1ccc(Cl)cc1. The van der Waals surface area contributed by atoms with Crippen LogP contribution < -0.4 is 10.6 Å². The maximum absolute atomic E-state index is 5.91. The lowest BCUT2D eigenvalue weighted by atomic mass is 10.1. The molecule has 22 heavy (non-hydrogen) atoms. The summed E-state index contributed by atoms with van der Waals surface area (Å²) in [6.45, 7) is 4.55. The Bertz CT molecular complexity index is 647. The number of aryl methyl sites for hydroxylation is 1. The number of nitrogens with one attached hydrogen (secondary N) is 2. The molecule has 1 aromatic heterocycles. The summed E-state index contributed by atoms with van der Waals surface area (Å²) in [5.41, 5.74) is 1.14.